The van der Waals surface area contributed by atoms with Crippen molar-refractivity contribution in [2.45, 2.75) is 39.0 Å². The Balaban J connectivity index is 1.56. The molecule has 6 nitrogen and oxygen atoms in total. The predicted octanol–water partition coefficient (Wildman–Crippen LogP) is 3.38. The van der Waals surface area contributed by atoms with E-state index < -0.39 is 17.4 Å². The van der Waals surface area contributed by atoms with Crippen molar-refractivity contribution in [3.05, 3.63) is 42.5 Å². The molecule has 2 unspecified atom stereocenters. The van der Waals surface area contributed by atoms with Crippen LogP contribution in [0.15, 0.2) is 42.5 Å². The summed E-state index contributed by atoms with van der Waals surface area (Å²) < 4.78 is 0. The van der Waals surface area contributed by atoms with Gasteiger partial charge in [0.25, 0.3) is 0 Å². The minimum absolute atomic E-state index is 0.0352. The summed E-state index contributed by atoms with van der Waals surface area (Å²) in [5.41, 5.74) is -0.0267. The van der Waals surface area contributed by atoms with E-state index in [2.05, 4.69) is 6.58 Å². The van der Waals surface area contributed by atoms with E-state index >= 15 is 0 Å². The lowest BCUT2D eigenvalue weighted by Gasteiger charge is -2.53. The van der Waals surface area contributed by atoms with Crippen LogP contribution >= 0.6 is 0 Å². The molecule has 6 heteroatoms. The molecule has 0 aliphatic heterocycles. The standard InChI is InChI=1S/C21H23NO5/c1-13(2)19(24)26-22(17-6-4-3-5-7-17)27-20(25)21-10-14-8-15(11-21)18(23)16(9-14)12-21/h3-7,14-16H,1,8-12H2,2H3. The van der Waals surface area contributed by atoms with E-state index in [-0.39, 0.29) is 17.4 Å². The van der Waals surface area contributed by atoms with Crippen LogP contribution in [0.3, 0.4) is 0 Å². The van der Waals surface area contributed by atoms with Crippen LogP contribution in [0.4, 0.5) is 5.69 Å². The first-order valence-corrected chi connectivity index (χ1v) is 9.37. The number of hydrogen-bond acceptors (Lipinski definition) is 6. The third kappa shape index (κ3) is 3.13. The number of anilines is 1. The maximum atomic E-state index is 13.1. The molecule has 1 aromatic carbocycles. The van der Waals surface area contributed by atoms with Gasteiger partial charge in [0.1, 0.15) is 11.5 Å². The van der Waals surface area contributed by atoms with Crippen molar-refractivity contribution in [1.29, 1.82) is 0 Å². The first-order chi connectivity index (χ1) is 12.9. The molecule has 4 aliphatic carbocycles. The largest absolute Gasteiger partial charge is 0.362 e. The van der Waals surface area contributed by atoms with Crippen molar-refractivity contribution in [3.63, 3.8) is 0 Å². The molecule has 0 aromatic heterocycles. The first kappa shape index (κ1) is 17.8. The monoisotopic (exact) mass is 369 g/mol. The Hall–Kier alpha value is -2.63. The summed E-state index contributed by atoms with van der Waals surface area (Å²) in [6.07, 6.45) is 3.58. The quantitative estimate of drug-likeness (QED) is 0.585. The van der Waals surface area contributed by atoms with Crippen LogP contribution in [0.2, 0.25) is 0 Å². The van der Waals surface area contributed by atoms with E-state index in [0.717, 1.165) is 24.5 Å². The molecule has 27 heavy (non-hydrogen) atoms. The summed E-state index contributed by atoms with van der Waals surface area (Å²) in [5.74, 6) is -0.460. The molecule has 2 atom stereocenters. The Morgan fingerprint density at radius 1 is 1.07 bits per heavy atom. The van der Waals surface area contributed by atoms with Crippen LogP contribution in [0, 0.1) is 23.2 Å². The minimum Gasteiger partial charge on any atom is -0.305 e. The molecule has 5 rings (SSSR count). The Morgan fingerprint density at radius 3 is 2.30 bits per heavy atom. The van der Waals surface area contributed by atoms with E-state index in [1.54, 1.807) is 24.3 Å². The highest BCUT2D eigenvalue weighted by Gasteiger charge is 2.59. The average Bonchev–Trinajstić information content (AvgIpc) is 2.65. The van der Waals surface area contributed by atoms with Crippen molar-refractivity contribution in [3.8, 4) is 0 Å². The highest BCUT2D eigenvalue weighted by atomic mass is 17.0. The third-order valence-electron chi connectivity index (χ3n) is 6.07. The highest BCUT2D eigenvalue weighted by molar-refractivity contribution is 5.90. The zero-order chi connectivity index (χ0) is 19.2. The molecule has 0 N–H and O–H groups in total. The Kier molecular flexibility index (Phi) is 4.29. The van der Waals surface area contributed by atoms with E-state index in [1.165, 1.54) is 6.92 Å². The van der Waals surface area contributed by atoms with Crippen LogP contribution in [0.5, 0.6) is 0 Å². The molecular weight excluding hydrogens is 346 g/mol. The summed E-state index contributed by atoms with van der Waals surface area (Å²) in [6.45, 7) is 5.09. The fourth-order valence-electron chi connectivity index (χ4n) is 5.00. The maximum Gasteiger partial charge on any atom is 0.362 e. The summed E-state index contributed by atoms with van der Waals surface area (Å²) in [7, 11) is 0. The fourth-order valence-corrected chi connectivity index (χ4v) is 5.00. The first-order valence-electron chi connectivity index (χ1n) is 9.37. The minimum atomic E-state index is -0.674. The fraction of sp³-hybridized carbons (Fsp3) is 0.476. The van der Waals surface area contributed by atoms with Gasteiger partial charge in [0.2, 0.25) is 0 Å². The molecule has 4 fully saturated rings. The number of carbonyl (C=O) groups is 3. The molecule has 0 radical (unpaired) electrons. The number of hydrogen-bond donors (Lipinski definition) is 0. The van der Waals surface area contributed by atoms with Crippen LogP contribution < -0.4 is 5.23 Å². The lowest BCUT2D eigenvalue weighted by atomic mass is 9.49. The molecule has 1 aromatic rings. The van der Waals surface area contributed by atoms with Crippen LogP contribution in [-0.2, 0) is 24.1 Å². The Labute approximate surface area is 158 Å². The highest BCUT2D eigenvalue weighted by Crippen LogP contribution is 2.59. The van der Waals surface area contributed by atoms with Crippen LogP contribution in [-0.4, -0.2) is 17.7 Å². The molecular formula is C21H23NO5. The van der Waals surface area contributed by atoms with Crippen molar-refractivity contribution in [1.82, 2.24) is 0 Å². The van der Waals surface area contributed by atoms with Crippen molar-refractivity contribution in [2.75, 3.05) is 5.23 Å². The van der Waals surface area contributed by atoms with Gasteiger partial charge in [-0.1, -0.05) is 24.8 Å². The molecule has 4 bridgehead atoms. The van der Waals surface area contributed by atoms with Gasteiger partial charge >= 0.3 is 11.9 Å². The normalized spacial score (nSPS) is 30.7. The SMILES string of the molecule is C=C(C)C(=O)ON(OC(=O)C12CC3CC(C1)C(=O)C(C3)C2)c1ccccc1. The second-order valence-electron chi connectivity index (χ2n) is 8.16. The molecule has 0 amide bonds. The van der Waals surface area contributed by atoms with E-state index in [1.807, 2.05) is 6.07 Å². The smallest absolute Gasteiger partial charge is 0.305 e. The van der Waals surface area contributed by atoms with Gasteiger partial charge in [-0.25, -0.2) is 9.59 Å². The lowest BCUT2D eigenvalue weighted by Crippen LogP contribution is -2.55. The second kappa shape index (κ2) is 6.51. The number of rotatable bonds is 5. The lowest BCUT2D eigenvalue weighted by molar-refractivity contribution is -0.191. The van der Waals surface area contributed by atoms with E-state index in [9.17, 15) is 14.4 Å². The zero-order valence-corrected chi connectivity index (χ0v) is 15.3. The number of para-hydroxylation sites is 1. The van der Waals surface area contributed by atoms with Crippen LogP contribution in [0.1, 0.15) is 39.0 Å². The maximum absolute atomic E-state index is 13.1. The number of nitrogens with zero attached hydrogens (tertiary/aromatic N) is 1. The van der Waals surface area contributed by atoms with Gasteiger partial charge < -0.3 is 9.68 Å². The molecule has 4 aliphatic rings. The topological polar surface area (TPSA) is 72.9 Å². The van der Waals surface area contributed by atoms with Crippen molar-refractivity contribution in [2.24, 2.45) is 23.2 Å². The third-order valence-corrected chi connectivity index (χ3v) is 6.07. The van der Waals surface area contributed by atoms with E-state index in [0.29, 0.717) is 30.2 Å². The summed E-state index contributed by atoms with van der Waals surface area (Å²) >= 11 is 0. The van der Waals surface area contributed by atoms with Crippen molar-refractivity contribution < 1.29 is 24.1 Å². The number of ketones is 1. The average molecular weight is 369 g/mol. The molecule has 0 saturated heterocycles. The Bertz CT molecular complexity index is 784. The van der Waals surface area contributed by atoms with Gasteiger partial charge in [0.05, 0.1) is 5.41 Å². The van der Waals surface area contributed by atoms with Gasteiger partial charge in [0, 0.05) is 17.4 Å². The predicted molar refractivity (Wildman–Crippen MR) is 96.9 cm³/mol. The molecule has 0 spiro atoms. The van der Waals surface area contributed by atoms with Gasteiger partial charge in [-0.15, -0.1) is 0 Å². The molecule has 142 valence electrons. The zero-order valence-electron chi connectivity index (χ0n) is 15.3. The number of benzene rings is 1. The van der Waals surface area contributed by atoms with Crippen LogP contribution in [0.25, 0.3) is 0 Å². The van der Waals surface area contributed by atoms with Gasteiger partial charge in [-0.3, -0.25) is 4.79 Å². The van der Waals surface area contributed by atoms with Gasteiger partial charge in [-0.05, 0) is 62.3 Å². The Morgan fingerprint density at radius 2 is 1.70 bits per heavy atom. The summed E-state index contributed by atoms with van der Waals surface area (Å²) in [6, 6.07) is 8.70. The number of Topliss-reactive ketones (excluding diaryl/α,β-unsaturated/α-hetero) is 1. The molecule has 0 heterocycles. The second-order valence-corrected chi connectivity index (χ2v) is 8.16. The van der Waals surface area contributed by atoms with Gasteiger partial charge in [0.15, 0.2) is 0 Å². The molecule has 4 saturated carbocycles. The summed E-state index contributed by atoms with van der Waals surface area (Å²) in [5, 5.41) is 0.875. The van der Waals surface area contributed by atoms with Crippen molar-refractivity contribution >= 4 is 23.4 Å². The van der Waals surface area contributed by atoms with Gasteiger partial charge in [-0.2, -0.15) is 0 Å². The number of carbonyl (C=O) groups excluding carboxylic acids is 3. The van der Waals surface area contributed by atoms with E-state index in [4.69, 9.17) is 9.68 Å². The summed E-state index contributed by atoms with van der Waals surface area (Å²) in [4.78, 5) is 48.3.